The summed E-state index contributed by atoms with van der Waals surface area (Å²) in [6.45, 7) is 6.62. The topological polar surface area (TPSA) is 29.0 Å². The zero-order chi connectivity index (χ0) is 13.2. The molecule has 1 saturated heterocycles. The first-order chi connectivity index (χ1) is 9.22. The SMILES string of the molecule is Cc1nc(-c2ccc(N3CCC(C)CC3)nc2)cs1. The van der Waals surface area contributed by atoms with Crippen LogP contribution in [0.25, 0.3) is 11.3 Å². The van der Waals surface area contributed by atoms with E-state index in [0.717, 1.165) is 41.1 Å². The van der Waals surface area contributed by atoms with Crippen LogP contribution in [0.4, 0.5) is 5.82 Å². The molecule has 3 heterocycles. The summed E-state index contributed by atoms with van der Waals surface area (Å²) in [4.78, 5) is 11.5. The molecule has 0 spiro atoms. The predicted molar refractivity (Wildman–Crippen MR) is 80.7 cm³/mol. The zero-order valence-electron chi connectivity index (χ0n) is 11.5. The fourth-order valence-electron chi connectivity index (χ4n) is 2.46. The number of nitrogens with zero attached hydrogens (tertiary/aromatic N) is 3. The van der Waals surface area contributed by atoms with Crippen molar-refractivity contribution in [2.45, 2.75) is 26.7 Å². The third-order valence-corrected chi connectivity index (χ3v) is 4.54. The summed E-state index contributed by atoms with van der Waals surface area (Å²) in [6, 6.07) is 4.26. The molecule has 0 aliphatic carbocycles. The first kappa shape index (κ1) is 12.6. The molecular formula is C15H19N3S. The molecular weight excluding hydrogens is 254 g/mol. The highest BCUT2D eigenvalue weighted by Gasteiger charge is 2.16. The maximum Gasteiger partial charge on any atom is 0.128 e. The molecule has 0 amide bonds. The van der Waals surface area contributed by atoms with E-state index in [-0.39, 0.29) is 0 Å². The quantitative estimate of drug-likeness (QED) is 0.834. The highest BCUT2D eigenvalue weighted by molar-refractivity contribution is 7.09. The Bertz CT molecular complexity index is 539. The van der Waals surface area contributed by atoms with E-state index in [1.807, 2.05) is 13.1 Å². The van der Waals surface area contributed by atoms with Crippen LogP contribution < -0.4 is 4.90 Å². The van der Waals surface area contributed by atoms with Gasteiger partial charge in [0.15, 0.2) is 0 Å². The van der Waals surface area contributed by atoms with E-state index < -0.39 is 0 Å². The van der Waals surface area contributed by atoms with Gasteiger partial charge in [-0.1, -0.05) is 6.92 Å². The van der Waals surface area contributed by atoms with Gasteiger partial charge in [0.05, 0.1) is 10.7 Å². The Labute approximate surface area is 118 Å². The molecule has 3 rings (SSSR count). The van der Waals surface area contributed by atoms with Crippen LogP contribution in [0, 0.1) is 12.8 Å². The van der Waals surface area contributed by atoms with Crippen molar-refractivity contribution in [1.82, 2.24) is 9.97 Å². The summed E-state index contributed by atoms with van der Waals surface area (Å²) in [7, 11) is 0. The van der Waals surface area contributed by atoms with Crippen LogP contribution in [0.3, 0.4) is 0 Å². The van der Waals surface area contributed by atoms with Crippen LogP contribution in [0.1, 0.15) is 24.8 Å². The van der Waals surface area contributed by atoms with Gasteiger partial charge >= 0.3 is 0 Å². The highest BCUT2D eigenvalue weighted by atomic mass is 32.1. The molecule has 0 atom stereocenters. The van der Waals surface area contributed by atoms with Crippen molar-refractivity contribution >= 4 is 17.2 Å². The lowest BCUT2D eigenvalue weighted by atomic mass is 9.99. The van der Waals surface area contributed by atoms with Crippen molar-refractivity contribution in [3.05, 3.63) is 28.7 Å². The molecule has 19 heavy (non-hydrogen) atoms. The molecule has 4 heteroatoms. The van der Waals surface area contributed by atoms with Gasteiger partial charge in [-0.2, -0.15) is 0 Å². The van der Waals surface area contributed by atoms with Gasteiger partial charge < -0.3 is 4.90 Å². The fourth-order valence-corrected chi connectivity index (χ4v) is 3.08. The highest BCUT2D eigenvalue weighted by Crippen LogP contribution is 2.25. The van der Waals surface area contributed by atoms with E-state index in [1.165, 1.54) is 12.8 Å². The van der Waals surface area contributed by atoms with E-state index in [4.69, 9.17) is 0 Å². The number of hydrogen-bond donors (Lipinski definition) is 0. The third kappa shape index (κ3) is 2.78. The number of aromatic nitrogens is 2. The smallest absolute Gasteiger partial charge is 0.128 e. The summed E-state index contributed by atoms with van der Waals surface area (Å²) in [5, 5.41) is 3.19. The number of rotatable bonds is 2. The molecule has 0 aromatic carbocycles. The van der Waals surface area contributed by atoms with Crippen LogP contribution in [-0.4, -0.2) is 23.1 Å². The van der Waals surface area contributed by atoms with Crippen molar-refractivity contribution in [2.75, 3.05) is 18.0 Å². The Hall–Kier alpha value is -1.42. The maximum atomic E-state index is 4.60. The van der Waals surface area contributed by atoms with Crippen LogP contribution in [0.15, 0.2) is 23.7 Å². The summed E-state index contributed by atoms with van der Waals surface area (Å²) < 4.78 is 0. The van der Waals surface area contributed by atoms with Crippen molar-refractivity contribution < 1.29 is 0 Å². The van der Waals surface area contributed by atoms with E-state index in [1.54, 1.807) is 11.3 Å². The van der Waals surface area contributed by atoms with Gasteiger partial charge in [-0.05, 0) is 37.8 Å². The second kappa shape index (κ2) is 5.29. The molecule has 0 saturated carbocycles. The molecule has 1 aliphatic heterocycles. The average molecular weight is 273 g/mol. The standard InChI is InChI=1S/C15H19N3S/c1-11-5-7-18(8-6-11)15-4-3-13(9-16-15)14-10-19-12(2)17-14/h3-4,9-11H,5-8H2,1-2H3. The second-order valence-electron chi connectivity index (χ2n) is 5.33. The van der Waals surface area contributed by atoms with Crippen molar-refractivity contribution in [3.8, 4) is 11.3 Å². The van der Waals surface area contributed by atoms with Crippen molar-refractivity contribution in [1.29, 1.82) is 0 Å². The van der Waals surface area contributed by atoms with Crippen LogP contribution >= 0.6 is 11.3 Å². The predicted octanol–water partition coefficient (Wildman–Crippen LogP) is 3.75. The molecule has 0 N–H and O–H groups in total. The largest absolute Gasteiger partial charge is 0.357 e. The molecule has 0 radical (unpaired) electrons. The number of aryl methyl sites for hydroxylation is 1. The minimum atomic E-state index is 0.855. The zero-order valence-corrected chi connectivity index (χ0v) is 12.3. The van der Waals surface area contributed by atoms with Gasteiger partial charge in [0.25, 0.3) is 0 Å². The number of anilines is 1. The Kier molecular flexibility index (Phi) is 3.51. The first-order valence-corrected chi connectivity index (χ1v) is 7.74. The summed E-state index contributed by atoms with van der Waals surface area (Å²) in [5.41, 5.74) is 2.15. The van der Waals surface area contributed by atoms with Gasteiger partial charge in [0.1, 0.15) is 5.82 Å². The Morgan fingerprint density at radius 1 is 1.26 bits per heavy atom. The number of piperidine rings is 1. The monoisotopic (exact) mass is 273 g/mol. The Morgan fingerprint density at radius 3 is 2.63 bits per heavy atom. The van der Waals surface area contributed by atoms with Crippen LogP contribution in [0.2, 0.25) is 0 Å². The Morgan fingerprint density at radius 2 is 2.05 bits per heavy atom. The lowest BCUT2D eigenvalue weighted by molar-refractivity contribution is 0.436. The van der Waals surface area contributed by atoms with Gasteiger partial charge in [-0.3, -0.25) is 0 Å². The third-order valence-electron chi connectivity index (χ3n) is 3.77. The minimum Gasteiger partial charge on any atom is -0.357 e. The van der Waals surface area contributed by atoms with E-state index in [0.29, 0.717) is 0 Å². The number of pyridine rings is 1. The van der Waals surface area contributed by atoms with Gasteiger partial charge in [0.2, 0.25) is 0 Å². The van der Waals surface area contributed by atoms with Crippen molar-refractivity contribution in [2.24, 2.45) is 5.92 Å². The Balaban J connectivity index is 1.75. The van der Waals surface area contributed by atoms with Crippen molar-refractivity contribution in [3.63, 3.8) is 0 Å². The molecule has 0 bridgehead atoms. The number of hydrogen-bond acceptors (Lipinski definition) is 4. The fraction of sp³-hybridized carbons (Fsp3) is 0.467. The molecule has 100 valence electrons. The maximum absolute atomic E-state index is 4.60. The number of thiazole rings is 1. The molecule has 1 fully saturated rings. The normalized spacial score (nSPS) is 16.8. The van der Waals surface area contributed by atoms with Crippen LogP contribution in [-0.2, 0) is 0 Å². The van der Waals surface area contributed by atoms with E-state index in [2.05, 4.69) is 39.3 Å². The van der Waals surface area contributed by atoms with E-state index >= 15 is 0 Å². The lowest BCUT2D eigenvalue weighted by Crippen LogP contribution is -2.33. The second-order valence-corrected chi connectivity index (χ2v) is 6.39. The summed E-state index contributed by atoms with van der Waals surface area (Å²) in [5.74, 6) is 1.95. The summed E-state index contributed by atoms with van der Waals surface area (Å²) in [6.07, 6.45) is 4.49. The van der Waals surface area contributed by atoms with Gasteiger partial charge in [-0.25, -0.2) is 9.97 Å². The first-order valence-electron chi connectivity index (χ1n) is 6.86. The van der Waals surface area contributed by atoms with Gasteiger partial charge in [0, 0.05) is 30.2 Å². The molecule has 2 aromatic rings. The molecule has 0 unspecified atom stereocenters. The van der Waals surface area contributed by atoms with Gasteiger partial charge in [-0.15, -0.1) is 11.3 Å². The van der Waals surface area contributed by atoms with E-state index in [9.17, 15) is 0 Å². The van der Waals surface area contributed by atoms with Crippen LogP contribution in [0.5, 0.6) is 0 Å². The molecule has 1 aliphatic rings. The average Bonchev–Trinajstić information content (AvgIpc) is 2.87. The lowest BCUT2D eigenvalue weighted by Gasteiger charge is -2.31. The molecule has 3 nitrogen and oxygen atoms in total. The minimum absolute atomic E-state index is 0.855. The molecule has 2 aromatic heterocycles. The summed E-state index contributed by atoms with van der Waals surface area (Å²) >= 11 is 1.68.